The van der Waals surface area contributed by atoms with Gasteiger partial charge < -0.3 is 14.5 Å². The third kappa shape index (κ3) is 3.28. The van der Waals surface area contributed by atoms with Crippen molar-refractivity contribution in [3.63, 3.8) is 0 Å². The van der Waals surface area contributed by atoms with Crippen molar-refractivity contribution in [1.82, 2.24) is 4.98 Å². The molecule has 0 aliphatic carbocycles. The number of carbonyl (C=O) groups is 1. The van der Waals surface area contributed by atoms with Gasteiger partial charge in [-0.2, -0.15) is 0 Å². The summed E-state index contributed by atoms with van der Waals surface area (Å²) in [5.74, 6) is 0.223. The molecular formula is C21H16Cl2N2O3. The van der Waals surface area contributed by atoms with Crippen molar-refractivity contribution in [2.45, 2.75) is 20.0 Å². The Hall–Kier alpha value is -2.76. The van der Waals surface area contributed by atoms with E-state index in [1.54, 1.807) is 12.1 Å². The molecule has 7 heteroatoms. The van der Waals surface area contributed by atoms with Crippen LogP contribution in [0.1, 0.15) is 24.2 Å². The minimum absolute atomic E-state index is 0.0366. The van der Waals surface area contributed by atoms with Gasteiger partial charge in [0.05, 0.1) is 27.4 Å². The minimum atomic E-state index is -0.359. The Morgan fingerprint density at radius 1 is 1.11 bits per heavy atom. The van der Waals surface area contributed by atoms with Crippen LogP contribution in [0.25, 0.3) is 21.9 Å². The Kier molecular flexibility index (Phi) is 4.87. The summed E-state index contributed by atoms with van der Waals surface area (Å²) in [4.78, 5) is 17.0. The van der Waals surface area contributed by atoms with Crippen LogP contribution in [0.4, 0.5) is 5.69 Å². The van der Waals surface area contributed by atoms with Gasteiger partial charge in [-0.3, -0.25) is 9.78 Å². The standard InChI is InChI=1S/C21H16Cl2N2O3/c1-11(2)27-17-8-7-13(18-12-5-3-4-6-16(12)28-20(17)18)21(26)25-19-14(22)9-24-10-15(19)23/h3-11H,1-2H3,(H,24,25,26). The zero-order valence-electron chi connectivity index (χ0n) is 15.1. The summed E-state index contributed by atoms with van der Waals surface area (Å²) in [6.07, 6.45) is 2.81. The molecule has 2 aromatic heterocycles. The summed E-state index contributed by atoms with van der Waals surface area (Å²) in [5, 5.41) is 4.79. The van der Waals surface area contributed by atoms with Gasteiger partial charge in [-0.15, -0.1) is 0 Å². The Bertz CT molecular complexity index is 1180. The molecule has 0 radical (unpaired) electrons. The van der Waals surface area contributed by atoms with Crippen LogP contribution in [0.15, 0.2) is 53.2 Å². The van der Waals surface area contributed by atoms with Gasteiger partial charge in [0, 0.05) is 23.2 Å². The van der Waals surface area contributed by atoms with Crippen molar-refractivity contribution in [2.75, 3.05) is 5.32 Å². The lowest BCUT2D eigenvalue weighted by molar-refractivity contribution is 0.102. The van der Waals surface area contributed by atoms with E-state index < -0.39 is 0 Å². The van der Waals surface area contributed by atoms with Crippen LogP contribution in [-0.2, 0) is 0 Å². The highest BCUT2D eigenvalue weighted by Gasteiger charge is 2.21. The fourth-order valence-corrected chi connectivity index (χ4v) is 3.51. The zero-order valence-corrected chi connectivity index (χ0v) is 16.6. The molecule has 0 saturated heterocycles. The largest absolute Gasteiger partial charge is 0.487 e. The first kappa shape index (κ1) is 18.6. The Labute approximate surface area is 171 Å². The van der Waals surface area contributed by atoms with E-state index in [2.05, 4.69) is 10.3 Å². The Balaban J connectivity index is 1.88. The fourth-order valence-electron chi connectivity index (χ4n) is 3.05. The van der Waals surface area contributed by atoms with Crippen molar-refractivity contribution in [2.24, 2.45) is 0 Å². The van der Waals surface area contributed by atoms with Crippen molar-refractivity contribution in [1.29, 1.82) is 0 Å². The molecular weight excluding hydrogens is 399 g/mol. The first-order valence-electron chi connectivity index (χ1n) is 8.67. The number of hydrogen-bond donors (Lipinski definition) is 1. The van der Waals surface area contributed by atoms with Crippen LogP contribution in [0, 0.1) is 0 Å². The van der Waals surface area contributed by atoms with E-state index in [0.29, 0.717) is 33.6 Å². The Morgan fingerprint density at radius 2 is 1.82 bits per heavy atom. The average molecular weight is 415 g/mol. The summed E-state index contributed by atoms with van der Waals surface area (Å²) in [6, 6.07) is 11.0. The van der Waals surface area contributed by atoms with Gasteiger partial charge in [-0.1, -0.05) is 41.4 Å². The molecule has 142 valence electrons. The molecule has 4 rings (SSSR count). The van der Waals surface area contributed by atoms with E-state index in [0.717, 1.165) is 5.39 Å². The number of nitrogens with zero attached hydrogens (tertiary/aromatic N) is 1. The highest BCUT2D eigenvalue weighted by Crippen LogP contribution is 2.38. The summed E-state index contributed by atoms with van der Waals surface area (Å²) in [5.41, 5.74) is 1.94. The number of benzene rings is 2. The number of pyridine rings is 1. The van der Waals surface area contributed by atoms with E-state index in [1.807, 2.05) is 38.1 Å². The maximum Gasteiger partial charge on any atom is 0.256 e. The lowest BCUT2D eigenvalue weighted by Gasteiger charge is -2.13. The van der Waals surface area contributed by atoms with Gasteiger partial charge in [-0.05, 0) is 32.0 Å². The maximum atomic E-state index is 13.1. The first-order chi connectivity index (χ1) is 13.5. The number of halogens is 2. The molecule has 0 unspecified atom stereocenters. The van der Waals surface area contributed by atoms with Crippen LogP contribution >= 0.6 is 23.2 Å². The SMILES string of the molecule is CC(C)Oc1ccc(C(=O)Nc2c(Cl)cncc2Cl)c2c1oc1ccccc12. The highest BCUT2D eigenvalue weighted by atomic mass is 35.5. The van der Waals surface area contributed by atoms with Crippen LogP contribution in [-0.4, -0.2) is 17.0 Å². The van der Waals surface area contributed by atoms with E-state index in [9.17, 15) is 4.79 Å². The predicted molar refractivity (Wildman–Crippen MR) is 112 cm³/mol. The molecule has 2 heterocycles. The molecule has 0 aliphatic heterocycles. The van der Waals surface area contributed by atoms with E-state index >= 15 is 0 Å². The monoisotopic (exact) mass is 414 g/mol. The molecule has 28 heavy (non-hydrogen) atoms. The zero-order chi connectivity index (χ0) is 19.8. The van der Waals surface area contributed by atoms with Crippen LogP contribution in [0.5, 0.6) is 5.75 Å². The predicted octanol–water partition coefficient (Wildman–Crippen LogP) is 6.33. The molecule has 0 spiro atoms. The van der Waals surface area contributed by atoms with Gasteiger partial charge in [0.2, 0.25) is 0 Å². The number of hydrogen-bond acceptors (Lipinski definition) is 4. The molecule has 1 N–H and O–H groups in total. The smallest absolute Gasteiger partial charge is 0.256 e. The molecule has 5 nitrogen and oxygen atoms in total. The quantitative estimate of drug-likeness (QED) is 0.423. The third-order valence-corrected chi connectivity index (χ3v) is 4.76. The van der Waals surface area contributed by atoms with Gasteiger partial charge >= 0.3 is 0 Å². The third-order valence-electron chi connectivity index (χ3n) is 4.19. The number of furan rings is 1. The van der Waals surface area contributed by atoms with Crippen LogP contribution in [0.3, 0.4) is 0 Å². The van der Waals surface area contributed by atoms with Gasteiger partial charge in [0.1, 0.15) is 5.58 Å². The average Bonchev–Trinajstić information content (AvgIpc) is 3.05. The molecule has 0 bridgehead atoms. The van der Waals surface area contributed by atoms with Crippen molar-refractivity contribution in [3.05, 3.63) is 64.4 Å². The maximum absolute atomic E-state index is 13.1. The van der Waals surface area contributed by atoms with Gasteiger partial charge in [0.25, 0.3) is 5.91 Å². The number of ether oxygens (including phenoxy) is 1. The van der Waals surface area contributed by atoms with E-state index in [4.69, 9.17) is 32.4 Å². The second-order valence-corrected chi connectivity index (χ2v) is 7.33. The summed E-state index contributed by atoms with van der Waals surface area (Å²) >= 11 is 12.3. The van der Waals surface area contributed by atoms with Crippen molar-refractivity contribution >= 4 is 56.7 Å². The van der Waals surface area contributed by atoms with Crippen LogP contribution in [0.2, 0.25) is 10.0 Å². The van der Waals surface area contributed by atoms with Gasteiger partial charge in [0.15, 0.2) is 11.3 Å². The minimum Gasteiger partial charge on any atom is -0.487 e. The fraction of sp³-hybridized carbons (Fsp3) is 0.143. The second kappa shape index (κ2) is 7.34. The molecule has 0 atom stereocenters. The molecule has 0 aliphatic rings. The van der Waals surface area contributed by atoms with Crippen molar-refractivity contribution < 1.29 is 13.9 Å². The molecule has 1 amide bonds. The van der Waals surface area contributed by atoms with Crippen LogP contribution < -0.4 is 10.1 Å². The highest BCUT2D eigenvalue weighted by molar-refractivity contribution is 6.40. The number of nitrogens with one attached hydrogen (secondary N) is 1. The number of amides is 1. The topological polar surface area (TPSA) is 64.4 Å². The molecule has 0 fully saturated rings. The molecule has 0 saturated carbocycles. The molecule has 2 aromatic carbocycles. The molecule has 4 aromatic rings. The normalized spacial score (nSPS) is 11.3. The lowest BCUT2D eigenvalue weighted by Crippen LogP contribution is -2.13. The number of anilines is 1. The number of para-hydroxylation sites is 1. The van der Waals surface area contributed by atoms with Gasteiger partial charge in [-0.25, -0.2) is 0 Å². The number of fused-ring (bicyclic) bond motifs is 3. The van der Waals surface area contributed by atoms with E-state index in [-0.39, 0.29) is 22.1 Å². The number of carbonyl (C=O) groups excluding carboxylic acids is 1. The lowest BCUT2D eigenvalue weighted by atomic mass is 10.0. The first-order valence-corrected chi connectivity index (χ1v) is 9.42. The summed E-state index contributed by atoms with van der Waals surface area (Å²) < 4.78 is 11.9. The number of rotatable bonds is 4. The second-order valence-electron chi connectivity index (χ2n) is 6.51. The number of aromatic nitrogens is 1. The Morgan fingerprint density at radius 3 is 2.54 bits per heavy atom. The summed E-state index contributed by atoms with van der Waals surface area (Å²) in [6.45, 7) is 3.87. The van der Waals surface area contributed by atoms with E-state index in [1.165, 1.54) is 12.4 Å². The summed E-state index contributed by atoms with van der Waals surface area (Å²) in [7, 11) is 0. The van der Waals surface area contributed by atoms with Crippen molar-refractivity contribution in [3.8, 4) is 5.75 Å².